The van der Waals surface area contributed by atoms with Gasteiger partial charge < -0.3 is 14.6 Å². The van der Waals surface area contributed by atoms with E-state index in [0.29, 0.717) is 27.8 Å². The molecule has 7 heteroatoms. The van der Waals surface area contributed by atoms with Crippen molar-refractivity contribution in [2.75, 3.05) is 19.1 Å². The minimum Gasteiger partial charge on any atom is -0.507 e. The van der Waals surface area contributed by atoms with Gasteiger partial charge in [-0.05, 0) is 61.4 Å². The van der Waals surface area contributed by atoms with Gasteiger partial charge in [0.15, 0.2) is 0 Å². The van der Waals surface area contributed by atoms with E-state index in [1.165, 1.54) is 25.2 Å². The molecule has 1 atom stereocenters. The van der Waals surface area contributed by atoms with Crippen molar-refractivity contribution in [1.29, 1.82) is 0 Å². The molecule has 1 amide bonds. The first kappa shape index (κ1) is 23.4. The molecule has 1 heterocycles. The Balaban J connectivity index is 2.05. The highest BCUT2D eigenvalue weighted by molar-refractivity contribution is 6.51. The van der Waals surface area contributed by atoms with Crippen LogP contribution in [0.25, 0.3) is 5.76 Å². The monoisotopic (exact) mass is 477 g/mol. The molecule has 1 N–H and O–H groups in total. The zero-order chi connectivity index (χ0) is 24.6. The highest BCUT2D eigenvalue weighted by Gasteiger charge is 2.48. The molecule has 1 aliphatic rings. The molecule has 6 nitrogen and oxygen atoms in total. The van der Waals surface area contributed by atoms with Crippen LogP contribution in [-0.4, -0.2) is 31.0 Å². The molecule has 34 heavy (non-hydrogen) atoms. The Hall–Kier alpha value is -3.77. The second-order valence-corrected chi connectivity index (χ2v) is 8.54. The van der Waals surface area contributed by atoms with Crippen LogP contribution < -0.4 is 14.4 Å². The van der Waals surface area contributed by atoms with Crippen molar-refractivity contribution in [2.24, 2.45) is 0 Å². The minimum atomic E-state index is -0.930. The number of Topliss-reactive ketones (excluding diaryl/α,β-unsaturated/α-hetero) is 1. The highest BCUT2D eigenvalue weighted by Crippen LogP contribution is 2.46. The molecule has 3 aromatic rings. The van der Waals surface area contributed by atoms with Crippen LogP contribution in [0.2, 0.25) is 5.02 Å². The van der Waals surface area contributed by atoms with Crippen LogP contribution in [0.4, 0.5) is 5.69 Å². The van der Waals surface area contributed by atoms with E-state index < -0.39 is 17.7 Å². The first-order valence-electron chi connectivity index (χ1n) is 10.6. The van der Waals surface area contributed by atoms with Crippen molar-refractivity contribution in [1.82, 2.24) is 0 Å². The molecule has 0 aromatic heterocycles. The van der Waals surface area contributed by atoms with E-state index in [1.54, 1.807) is 36.4 Å². The van der Waals surface area contributed by atoms with E-state index in [9.17, 15) is 14.7 Å². The lowest BCUT2D eigenvalue weighted by Gasteiger charge is -2.27. The molecule has 0 spiro atoms. The quantitative estimate of drug-likeness (QED) is 0.294. The van der Waals surface area contributed by atoms with Gasteiger partial charge in [-0.15, -0.1) is 0 Å². The number of para-hydroxylation sites is 1. The van der Waals surface area contributed by atoms with Crippen LogP contribution >= 0.6 is 11.6 Å². The van der Waals surface area contributed by atoms with Gasteiger partial charge in [-0.1, -0.05) is 35.9 Å². The van der Waals surface area contributed by atoms with Gasteiger partial charge in [0.1, 0.15) is 17.3 Å². The topological polar surface area (TPSA) is 76.1 Å². The van der Waals surface area contributed by atoms with E-state index in [0.717, 1.165) is 11.1 Å². The third-order valence-electron chi connectivity index (χ3n) is 5.78. The van der Waals surface area contributed by atoms with E-state index in [4.69, 9.17) is 21.1 Å². The predicted molar refractivity (Wildman–Crippen MR) is 132 cm³/mol. The lowest BCUT2D eigenvalue weighted by Crippen LogP contribution is -2.29. The zero-order valence-corrected chi connectivity index (χ0v) is 20.0. The molecule has 174 valence electrons. The smallest absolute Gasteiger partial charge is 0.300 e. The zero-order valence-electron chi connectivity index (χ0n) is 19.3. The van der Waals surface area contributed by atoms with Gasteiger partial charge in [0.2, 0.25) is 0 Å². The maximum Gasteiger partial charge on any atom is 0.300 e. The Bertz CT molecular complexity index is 1310. The third kappa shape index (κ3) is 4.01. The number of aryl methyl sites for hydroxylation is 2. The van der Waals surface area contributed by atoms with Crippen LogP contribution in [0.3, 0.4) is 0 Å². The molecular formula is C27H24ClNO5. The molecule has 4 rings (SSSR count). The highest BCUT2D eigenvalue weighted by atomic mass is 35.5. The van der Waals surface area contributed by atoms with Crippen molar-refractivity contribution in [3.05, 3.63) is 93.5 Å². The van der Waals surface area contributed by atoms with E-state index in [1.807, 2.05) is 32.0 Å². The fourth-order valence-electron chi connectivity index (χ4n) is 4.39. The fraction of sp³-hybridized carbons (Fsp3) is 0.185. The van der Waals surface area contributed by atoms with Gasteiger partial charge in [-0.25, -0.2) is 0 Å². The molecule has 0 radical (unpaired) electrons. The van der Waals surface area contributed by atoms with E-state index >= 15 is 0 Å². The number of aliphatic hydroxyl groups is 1. The van der Waals surface area contributed by atoms with E-state index in [2.05, 4.69) is 0 Å². The lowest BCUT2D eigenvalue weighted by atomic mass is 9.94. The van der Waals surface area contributed by atoms with Gasteiger partial charge >= 0.3 is 0 Å². The predicted octanol–water partition coefficient (Wildman–Crippen LogP) is 5.60. The molecule has 0 saturated carbocycles. The summed E-state index contributed by atoms with van der Waals surface area (Å²) in [4.78, 5) is 28.2. The maximum absolute atomic E-state index is 13.4. The maximum atomic E-state index is 13.4. The van der Waals surface area contributed by atoms with Crippen LogP contribution in [0.15, 0.2) is 66.2 Å². The first-order chi connectivity index (χ1) is 16.3. The van der Waals surface area contributed by atoms with Gasteiger partial charge in [-0.3, -0.25) is 14.5 Å². The summed E-state index contributed by atoms with van der Waals surface area (Å²) in [6, 6.07) is 16.5. The summed E-state index contributed by atoms with van der Waals surface area (Å²) in [5.74, 6) is -1.13. The van der Waals surface area contributed by atoms with Crippen LogP contribution in [-0.2, 0) is 9.59 Å². The molecule has 0 bridgehead atoms. The summed E-state index contributed by atoms with van der Waals surface area (Å²) in [5.41, 5.74) is 3.13. The van der Waals surface area contributed by atoms with Crippen LogP contribution in [0.1, 0.15) is 28.3 Å². The summed E-state index contributed by atoms with van der Waals surface area (Å²) >= 11 is 6.18. The number of carbonyl (C=O) groups excluding carboxylic acids is 2. The number of hydrogen-bond donors (Lipinski definition) is 1. The standard InChI is InChI=1S/C27H24ClNO5/c1-15-11-16(2)13-18(12-15)29-24(19-7-5-6-8-21(19)33-3)23(26(31)27(29)32)25(30)20-14-17(28)9-10-22(20)34-4/h5-14,24,30H,1-4H3/b25-23+. The summed E-state index contributed by atoms with van der Waals surface area (Å²) in [7, 11) is 2.97. The van der Waals surface area contributed by atoms with Crippen LogP contribution in [0, 0.1) is 13.8 Å². The number of nitrogens with zero attached hydrogens (tertiary/aromatic N) is 1. The van der Waals surface area contributed by atoms with Gasteiger partial charge in [0.25, 0.3) is 11.7 Å². The Morgan fingerprint density at radius 1 is 0.912 bits per heavy atom. The number of ketones is 1. The third-order valence-corrected chi connectivity index (χ3v) is 6.01. The summed E-state index contributed by atoms with van der Waals surface area (Å²) in [5, 5.41) is 11.8. The number of hydrogen-bond acceptors (Lipinski definition) is 5. The number of ether oxygens (including phenoxy) is 2. The number of benzene rings is 3. The molecule has 1 saturated heterocycles. The number of carbonyl (C=O) groups is 2. The number of amides is 1. The molecule has 1 aliphatic heterocycles. The first-order valence-corrected chi connectivity index (χ1v) is 11.0. The fourth-order valence-corrected chi connectivity index (χ4v) is 4.56. The van der Waals surface area contributed by atoms with Crippen LogP contribution in [0.5, 0.6) is 11.5 Å². The Morgan fingerprint density at radius 3 is 2.21 bits per heavy atom. The average molecular weight is 478 g/mol. The number of anilines is 1. The molecule has 1 unspecified atom stereocenters. The SMILES string of the molecule is COc1ccc(Cl)cc1/C(O)=C1\C(=O)C(=O)N(c2cc(C)cc(C)c2)C1c1ccccc1OC. The second kappa shape index (κ2) is 9.23. The Kier molecular flexibility index (Phi) is 6.35. The number of aliphatic hydroxyl groups excluding tert-OH is 1. The molecule has 3 aromatic carbocycles. The summed E-state index contributed by atoms with van der Waals surface area (Å²) in [6.07, 6.45) is 0. The average Bonchev–Trinajstić information content (AvgIpc) is 3.08. The van der Waals surface area contributed by atoms with Crippen molar-refractivity contribution >= 4 is 34.7 Å². The van der Waals surface area contributed by atoms with Crippen molar-refractivity contribution < 1.29 is 24.2 Å². The van der Waals surface area contributed by atoms with Gasteiger partial charge in [0.05, 0.1) is 31.4 Å². The van der Waals surface area contributed by atoms with E-state index in [-0.39, 0.29) is 16.9 Å². The van der Waals surface area contributed by atoms with Gasteiger partial charge in [-0.2, -0.15) is 0 Å². The lowest BCUT2D eigenvalue weighted by molar-refractivity contribution is -0.132. The number of rotatable bonds is 5. The minimum absolute atomic E-state index is 0.0748. The normalized spacial score (nSPS) is 17.2. The van der Waals surface area contributed by atoms with Crippen molar-refractivity contribution in [3.8, 4) is 11.5 Å². The van der Waals surface area contributed by atoms with Crippen molar-refractivity contribution in [2.45, 2.75) is 19.9 Å². The van der Waals surface area contributed by atoms with Gasteiger partial charge in [0, 0.05) is 16.3 Å². The summed E-state index contributed by atoms with van der Waals surface area (Å²) in [6.45, 7) is 3.84. The molecule has 0 aliphatic carbocycles. The molecule has 1 fully saturated rings. The molecular weight excluding hydrogens is 454 g/mol. The Labute approximate surface area is 203 Å². The number of halogens is 1. The number of methoxy groups -OCH3 is 2. The Morgan fingerprint density at radius 2 is 1.56 bits per heavy atom. The second-order valence-electron chi connectivity index (χ2n) is 8.10. The summed E-state index contributed by atoms with van der Waals surface area (Å²) < 4.78 is 10.9. The van der Waals surface area contributed by atoms with Crippen molar-refractivity contribution in [3.63, 3.8) is 0 Å². The largest absolute Gasteiger partial charge is 0.507 e.